The molecule has 0 saturated heterocycles. The Morgan fingerprint density at radius 1 is 1.37 bits per heavy atom. The number of aryl methyl sites for hydroxylation is 1. The minimum Gasteiger partial charge on any atom is -0.349 e. The Morgan fingerprint density at radius 2 is 2.00 bits per heavy atom. The molecule has 0 bridgehead atoms. The molecule has 1 amide bonds. The standard InChI is InChI=1S/C14H21ClN2O2/c1-4-7-12-11(15)8-10(14(19)17-12)13(18)16-9(5-2)6-3/h8-9H,4-7H2,1-3H3,(H,16,18)(H,17,19). The van der Waals surface area contributed by atoms with Crippen LogP contribution in [0.25, 0.3) is 0 Å². The van der Waals surface area contributed by atoms with E-state index in [-0.39, 0.29) is 23.1 Å². The number of halogens is 1. The fourth-order valence-corrected chi connectivity index (χ4v) is 2.15. The summed E-state index contributed by atoms with van der Waals surface area (Å²) in [4.78, 5) is 26.6. The van der Waals surface area contributed by atoms with E-state index in [1.165, 1.54) is 6.07 Å². The van der Waals surface area contributed by atoms with E-state index < -0.39 is 0 Å². The highest BCUT2D eigenvalue weighted by Gasteiger charge is 2.16. The molecule has 0 saturated carbocycles. The molecule has 19 heavy (non-hydrogen) atoms. The van der Waals surface area contributed by atoms with Crippen LogP contribution in [-0.4, -0.2) is 16.9 Å². The first-order valence-electron chi connectivity index (χ1n) is 6.75. The van der Waals surface area contributed by atoms with Crippen molar-refractivity contribution in [2.45, 2.75) is 52.5 Å². The van der Waals surface area contributed by atoms with Gasteiger partial charge in [0.2, 0.25) is 0 Å². The van der Waals surface area contributed by atoms with Gasteiger partial charge >= 0.3 is 0 Å². The number of carbonyl (C=O) groups excluding carboxylic acids is 1. The monoisotopic (exact) mass is 284 g/mol. The number of rotatable bonds is 6. The summed E-state index contributed by atoms with van der Waals surface area (Å²) in [5.74, 6) is -0.361. The van der Waals surface area contributed by atoms with Crippen molar-refractivity contribution in [1.29, 1.82) is 0 Å². The van der Waals surface area contributed by atoms with Gasteiger partial charge < -0.3 is 10.3 Å². The molecule has 0 fully saturated rings. The van der Waals surface area contributed by atoms with Crippen LogP contribution in [0.3, 0.4) is 0 Å². The number of pyridine rings is 1. The first kappa shape index (κ1) is 15.8. The highest BCUT2D eigenvalue weighted by molar-refractivity contribution is 6.31. The van der Waals surface area contributed by atoms with Gasteiger partial charge in [-0.05, 0) is 25.3 Å². The molecular formula is C14H21ClN2O2. The second-order valence-corrected chi connectivity index (χ2v) is 4.98. The lowest BCUT2D eigenvalue weighted by Gasteiger charge is -2.14. The van der Waals surface area contributed by atoms with Gasteiger partial charge in [0.15, 0.2) is 0 Å². The molecule has 1 heterocycles. The fraction of sp³-hybridized carbons (Fsp3) is 0.571. The van der Waals surface area contributed by atoms with E-state index in [2.05, 4.69) is 10.3 Å². The molecule has 0 radical (unpaired) electrons. The average Bonchev–Trinajstić information content (AvgIpc) is 2.39. The number of hydrogen-bond donors (Lipinski definition) is 2. The third kappa shape index (κ3) is 4.10. The van der Waals surface area contributed by atoms with Crippen LogP contribution in [0, 0.1) is 0 Å². The number of amides is 1. The van der Waals surface area contributed by atoms with Crippen LogP contribution < -0.4 is 10.9 Å². The second kappa shape index (κ2) is 7.34. The van der Waals surface area contributed by atoms with Crippen molar-refractivity contribution in [3.63, 3.8) is 0 Å². The van der Waals surface area contributed by atoms with Crippen molar-refractivity contribution in [3.05, 3.63) is 32.7 Å². The topological polar surface area (TPSA) is 62.0 Å². The summed E-state index contributed by atoms with van der Waals surface area (Å²) in [6.45, 7) is 5.99. The maximum Gasteiger partial charge on any atom is 0.261 e. The largest absolute Gasteiger partial charge is 0.349 e. The van der Waals surface area contributed by atoms with E-state index in [9.17, 15) is 9.59 Å². The molecule has 0 unspecified atom stereocenters. The average molecular weight is 285 g/mol. The summed E-state index contributed by atoms with van der Waals surface area (Å²) >= 11 is 6.08. The minimum absolute atomic E-state index is 0.0803. The zero-order chi connectivity index (χ0) is 14.4. The highest BCUT2D eigenvalue weighted by atomic mass is 35.5. The number of nitrogens with one attached hydrogen (secondary N) is 2. The van der Waals surface area contributed by atoms with Crippen LogP contribution in [0.1, 0.15) is 56.1 Å². The number of H-pyrrole nitrogens is 1. The Hall–Kier alpha value is -1.29. The summed E-state index contributed by atoms with van der Waals surface area (Å²) in [6, 6.07) is 1.55. The van der Waals surface area contributed by atoms with Crippen molar-refractivity contribution in [3.8, 4) is 0 Å². The lowest BCUT2D eigenvalue weighted by atomic mass is 10.1. The molecule has 2 N–H and O–H groups in total. The molecule has 0 atom stereocenters. The Kier molecular flexibility index (Phi) is 6.09. The van der Waals surface area contributed by atoms with Gasteiger partial charge in [-0.15, -0.1) is 0 Å². The van der Waals surface area contributed by atoms with Crippen LogP contribution in [0.2, 0.25) is 5.02 Å². The quantitative estimate of drug-likeness (QED) is 0.844. The predicted octanol–water partition coefficient (Wildman–Crippen LogP) is 2.90. The number of aromatic nitrogens is 1. The SMILES string of the molecule is CCCc1[nH]c(=O)c(C(=O)NC(CC)CC)cc1Cl. The highest BCUT2D eigenvalue weighted by Crippen LogP contribution is 2.14. The van der Waals surface area contributed by atoms with Crippen molar-refractivity contribution < 1.29 is 4.79 Å². The number of hydrogen-bond acceptors (Lipinski definition) is 2. The fourth-order valence-electron chi connectivity index (χ4n) is 1.90. The van der Waals surface area contributed by atoms with E-state index >= 15 is 0 Å². The Labute approximate surface area is 118 Å². The smallest absolute Gasteiger partial charge is 0.261 e. The predicted molar refractivity (Wildman–Crippen MR) is 77.9 cm³/mol. The molecule has 5 heteroatoms. The van der Waals surface area contributed by atoms with Crippen LogP contribution in [0.5, 0.6) is 0 Å². The van der Waals surface area contributed by atoms with Crippen LogP contribution >= 0.6 is 11.6 Å². The lowest BCUT2D eigenvalue weighted by Crippen LogP contribution is -2.37. The van der Waals surface area contributed by atoms with E-state index in [0.29, 0.717) is 17.1 Å². The molecule has 1 rings (SSSR count). The summed E-state index contributed by atoms with van der Waals surface area (Å²) in [7, 11) is 0. The van der Waals surface area contributed by atoms with Crippen molar-refractivity contribution in [2.24, 2.45) is 0 Å². The Bertz CT molecular complexity index is 493. The van der Waals surface area contributed by atoms with Crippen molar-refractivity contribution >= 4 is 17.5 Å². The van der Waals surface area contributed by atoms with E-state index in [4.69, 9.17) is 11.6 Å². The third-order valence-corrected chi connectivity index (χ3v) is 3.47. The summed E-state index contributed by atoms with van der Waals surface area (Å²) in [5, 5.41) is 3.28. The second-order valence-electron chi connectivity index (χ2n) is 4.58. The molecular weight excluding hydrogens is 264 g/mol. The zero-order valence-corrected chi connectivity index (χ0v) is 12.4. The summed E-state index contributed by atoms with van der Waals surface area (Å²) in [5.41, 5.74) is 0.390. The van der Waals surface area contributed by atoms with Gasteiger partial charge in [0, 0.05) is 11.7 Å². The van der Waals surface area contributed by atoms with Gasteiger partial charge in [-0.25, -0.2) is 0 Å². The van der Waals surface area contributed by atoms with Gasteiger partial charge in [-0.3, -0.25) is 9.59 Å². The van der Waals surface area contributed by atoms with Crippen LogP contribution in [-0.2, 0) is 6.42 Å². The summed E-state index contributed by atoms with van der Waals surface area (Å²) in [6.07, 6.45) is 3.25. The zero-order valence-electron chi connectivity index (χ0n) is 11.7. The van der Waals surface area contributed by atoms with Gasteiger partial charge in [0.05, 0.1) is 5.02 Å². The van der Waals surface area contributed by atoms with Gasteiger partial charge in [-0.1, -0.05) is 38.8 Å². The normalized spacial score (nSPS) is 10.8. The van der Waals surface area contributed by atoms with E-state index in [1.807, 2.05) is 20.8 Å². The van der Waals surface area contributed by atoms with Gasteiger partial charge in [0.1, 0.15) is 5.56 Å². The third-order valence-electron chi connectivity index (χ3n) is 3.13. The number of aromatic amines is 1. The first-order valence-corrected chi connectivity index (χ1v) is 7.13. The molecule has 1 aromatic heterocycles. The minimum atomic E-state index is -0.378. The Morgan fingerprint density at radius 3 is 2.53 bits per heavy atom. The Balaban J connectivity index is 2.98. The lowest BCUT2D eigenvalue weighted by molar-refractivity contribution is 0.0933. The molecule has 0 aromatic carbocycles. The molecule has 0 aliphatic rings. The van der Waals surface area contributed by atoms with Gasteiger partial charge in [0.25, 0.3) is 11.5 Å². The van der Waals surface area contributed by atoms with E-state index in [0.717, 1.165) is 19.3 Å². The van der Waals surface area contributed by atoms with Crippen LogP contribution in [0.15, 0.2) is 10.9 Å². The molecule has 0 aliphatic heterocycles. The molecule has 1 aromatic rings. The maximum absolute atomic E-state index is 12.0. The molecule has 0 aliphatic carbocycles. The number of carbonyl (C=O) groups is 1. The van der Waals surface area contributed by atoms with E-state index in [1.54, 1.807) is 0 Å². The first-order chi connectivity index (χ1) is 9.03. The van der Waals surface area contributed by atoms with Crippen molar-refractivity contribution in [2.75, 3.05) is 0 Å². The van der Waals surface area contributed by atoms with Crippen LogP contribution in [0.4, 0.5) is 0 Å². The molecule has 106 valence electrons. The summed E-state index contributed by atoms with van der Waals surface area (Å²) < 4.78 is 0. The molecule has 0 spiro atoms. The maximum atomic E-state index is 12.0. The van der Waals surface area contributed by atoms with Crippen molar-refractivity contribution in [1.82, 2.24) is 10.3 Å². The van der Waals surface area contributed by atoms with Gasteiger partial charge in [-0.2, -0.15) is 0 Å². The molecule has 4 nitrogen and oxygen atoms in total.